The molecule has 94 valence electrons. The van der Waals surface area contributed by atoms with Crippen LogP contribution < -0.4 is 5.32 Å². The lowest BCUT2D eigenvalue weighted by molar-refractivity contribution is 0.208. The van der Waals surface area contributed by atoms with Crippen LogP contribution in [0.25, 0.3) is 0 Å². The second kappa shape index (κ2) is 6.67. The van der Waals surface area contributed by atoms with Crippen molar-refractivity contribution in [3.63, 3.8) is 0 Å². The van der Waals surface area contributed by atoms with Crippen LogP contribution in [0.3, 0.4) is 0 Å². The number of aromatic nitrogens is 2. The lowest BCUT2D eigenvalue weighted by atomic mass is 10.1. The fraction of sp³-hybridized carbons (Fsp3) is 0.692. The summed E-state index contributed by atoms with van der Waals surface area (Å²) >= 11 is 0. The molecule has 4 nitrogen and oxygen atoms in total. The van der Waals surface area contributed by atoms with Gasteiger partial charge in [0, 0.05) is 37.7 Å². The van der Waals surface area contributed by atoms with E-state index < -0.39 is 0 Å². The van der Waals surface area contributed by atoms with E-state index in [2.05, 4.69) is 27.1 Å². The molecule has 4 heteroatoms. The Morgan fingerprint density at radius 2 is 2.12 bits per heavy atom. The molecule has 0 spiro atoms. The molecule has 2 heterocycles. The maximum Gasteiger partial charge on any atom is 0.0724 e. The van der Waals surface area contributed by atoms with Crippen molar-refractivity contribution in [2.24, 2.45) is 0 Å². The zero-order valence-corrected chi connectivity index (χ0v) is 10.6. The fourth-order valence-corrected chi connectivity index (χ4v) is 2.29. The molecule has 1 N–H and O–H groups in total. The van der Waals surface area contributed by atoms with Gasteiger partial charge in [0.15, 0.2) is 0 Å². The van der Waals surface area contributed by atoms with Gasteiger partial charge in [0.2, 0.25) is 0 Å². The predicted molar refractivity (Wildman–Crippen MR) is 68.6 cm³/mol. The van der Waals surface area contributed by atoms with E-state index in [0.717, 1.165) is 18.8 Å². The van der Waals surface area contributed by atoms with Crippen molar-refractivity contribution in [3.05, 3.63) is 24.3 Å². The molecule has 0 aromatic carbocycles. The van der Waals surface area contributed by atoms with Crippen molar-refractivity contribution in [3.8, 4) is 0 Å². The number of nitrogens with zero attached hydrogens (tertiary/aromatic N) is 3. The third kappa shape index (κ3) is 4.40. The van der Waals surface area contributed by atoms with E-state index in [-0.39, 0.29) is 0 Å². The summed E-state index contributed by atoms with van der Waals surface area (Å²) in [6, 6.07) is 0.509. The highest BCUT2D eigenvalue weighted by atomic mass is 15.1. The molecule has 0 amide bonds. The monoisotopic (exact) mass is 234 g/mol. The average molecular weight is 234 g/mol. The molecule has 0 bridgehead atoms. The number of rotatable bonds is 5. The number of piperidine rings is 1. The van der Waals surface area contributed by atoms with Crippen molar-refractivity contribution >= 4 is 0 Å². The van der Waals surface area contributed by atoms with Gasteiger partial charge in [-0.1, -0.05) is 6.42 Å². The Morgan fingerprint density at radius 3 is 2.82 bits per heavy atom. The standard InChI is InChI=1S/C13H22N4/c1-12(11-17-7-3-2-4-8-17)16-10-13-9-14-5-6-15-13/h5-6,9,12,16H,2-4,7-8,10-11H2,1H3. The fourth-order valence-electron chi connectivity index (χ4n) is 2.29. The second-order valence-electron chi connectivity index (χ2n) is 4.84. The van der Waals surface area contributed by atoms with Crippen LogP contribution >= 0.6 is 0 Å². The quantitative estimate of drug-likeness (QED) is 0.837. The molecular weight excluding hydrogens is 212 g/mol. The van der Waals surface area contributed by atoms with Crippen LogP contribution in [0.4, 0.5) is 0 Å². The van der Waals surface area contributed by atoms with Gasteiger partial charge in [-0.3, -0.25) is 9.97 Å². The van der Waals surface area contributed by atoms with E-state index >= 15 is 0 Å². The highest BCUT2D eigenvalue weighted by molar-refractivity contribution is 4.94. The van der Waals surface area contributed by atoms with Gasteiger partial charge >= 0.3 is 0 Å². The van der Waals surface area contributed by atoms with E-state index in [9.17, 15) is 0 Å². The van der Waals surface area contributed by atoms with E-state index in [1.807, 2.05) is 6.20 Å². The molecular formula is C13H22N4. The van der Waals surface area contributed by atoms with E-state index in [1.54, 1.807) is 12.4 Å². The molecule has 1 aliphatic heterocycles. The van der Waals surface area contributed by atoms with Gasteiger partial charge in [-0.05, 0) is 32.9 Å². The molecule has 17 heavy (non-hydrogen) atoms. The Balaban J connectivity index is 1.68. The molecule has 0 aliphatic carbocycles. The number of likely N-dealkylation sites (tertiary alicyclic amines) is 1. The van der Waals surface area contributed by atoms with Gasteiger partial charge in [-0.15, -0.1) is 0 Å². The Kier molecular flexibility index (Phi) is 4.88. The minimum atomic E-state index is 0.509. The molecule has 1 aliphatic rings. The van der Waals surface area contributed by atoms with Gasteiger partial charge in [0.25, 0.3) is 0 Å². The summed E-state index contributed by atoms with van der Waals surface area (Å²) < 4.78 is 0. The van der Waals surface area contributed by atoms with Crippen LogP contribution in [0, 0.1) is 0 Å². The molecule has 2 rings (SSSR count). The third-order valence-electron chi connectivity index (χ3n) is 3.23. The van der Waals surface area contributed by atoms with Crippen LogP contribution in [0.2, 0.25) is 0 Å². The van der Waals surface area contributed by atoms with Crippen molar-refractivity contribution in [1.29, 1.82) is 0 Å². The summed E-state index contributed by atoms with van der Waals surface area (Å²) in [4.78, 5) is 10.9. The maximum atomic E-state index is 4.26. The predicted octanol–water partition coefficient (Wildman–Crippen LogP) is 1.44. The maximum absolute atomic E-state index is 4.26. The second-order valence-corrected chi connectivity index (χ2v) is 4.84. The SMILES string of the molecule is CC(CN1CCCCC1)NCc1cnccn1. The molecule has 1 fully saturated rings. The van der Waals surface area contributed by atoms with Crippen molar-refractivity contribution < 1.29 is 0 Å². The van der Waals surface area contributed by atoms with Gasteiger partial charge in [0.1, 0.15) is 0 Å². The third-order valence-corrected chi connectivity index (χ3v) is 3.23. The zero-order chi connectivity index (χ0) is 11.9. The first kappa shape index (κ1) is 12.5. The van der Waals surface area contributed by atoms with E-state index in [4.69, 9.17) is 0 Å². The van der Waals surface area contributed by atoms with Gasteiger partial charge < -0.3 is 10.2 Å². The molecule has 1 aromatic heterocycles. The molecule has 0 radical (unpaired) electrons. The first-order chi connectivity index (χ1) is 8.34. The van der Waals surface area contributed by atoms with E-state index in [0.29, 0.717) is 6.04 Å². The van der Waals surface area contributed by atoms with Crippen molar-refractivity contribution in [2.75, 3.05) is 19.6 Å². The van der Waals surface area contributed by atoms with Gasteiger partial charge in [-0.2, -0.15) is 0 Å². The summed E-state index contributed by atoms with van der Waals surface area (Å²) in [5, 5.41) is 3.50. The van der Waals surface area contributed by atoms with Crippen LogP contribution in [0.15, 0.2) is 18.6 Å². The molecule has 1 saturated heterocycles. The Hall–Kier alpha value is -1.00. The summed E-state index contributed by atoms with van der Waals surface area (Å²) in [5.74, 6) is 0. The molecule has 1 atom stereocenters. The van der Waals surface area contributed by atoms with Crippen LogP contribution in [-0.4, -0.2) is 40.5 Å². The molecule has 0 saturated carbocycles. The minimum absolute atomic E-state index is 0.509. The van der Waals surface area contributed by atoms with Crippen LogP contribution in [0.1, 0.15) is 31.9 Å². The summed E-state index contributed by atoms with van der Waals surface area (Å²) in [7, 11) is 0. The summed E-state index contributed by atoms with van der Waals surface area (Å²) in [6.45, 7) is 6.71. The Labute approximate surface area is 103 Å². The van der Waals surface area contributed by atoms with Gasteiger partial charge in [-0.25, -0.2) is 0 Å². The van der Waals surface area contributed by atoms with Crippen LogP contribution in [-0.2, 0) is 6.54 Å². The average Bonchev–Trinajstić information content (AvgIpc) is 2.39. The first-order valence-corrected chi connectivity index (χ1v) is 6.55. The van der Waals surface area contributed by atoms with Crippen LogP contribution in [0.5, 0.6) is 0 Å². The smallest absolute Gasteiger partial charge is 0.0724 e. The molecule has 1 aromatic rings. The van der Waals surface area contributed by atoms with Crippen molar-refractivity contribution in [1.82, 2.24) is 20.2 Å². The lowest BCUT2D eigenvalue weighted by Gasteiger charge is -2.29. The largest absolute Gasteiger partial charge is 0.307 e. The minimum Gasteiger partial charge on any atom is -0.307 e. The number of nitrogens with one attached hydrogen (secondary N) is 1. The zero-order valence-electron chi connectivity index (χ0n) is 10.6. The Morgan fingerprint density at radius 1 is 1.29 bits per heavy atom. The highest BCUT2D eigenvalue weighted by Gasteiger charge is 2.12. The Bertz CT molecular complexity index is 308. The number of hydrogen-bond donors (Lipinski definition) is 1. The topological polar surface area (TPSA) is 41.0 Å². The summed E-state index contributed by atoms with van der Waals surface area (Å²) in [5.41, 5.74) is 1.01. The van der Waals surface area contributed by atoms with Gasteiger partial charge in [0.05, 0.1) is 5.69 Å². The first-order valence-electron chi connectivity index (χ1n) is 6.55. The number of hydrogen-bond acceptors (Lipinski definition) is 4. The van der Waals surface area contributed by atoms with E-state index in [1.165, 1.54) is 32.4 Å². The lowest BCUT2D eigenvalue weighted by Crippen LogP contribution is -2.41. The normalized spacial score (nSPS) is 19.1. The van der Waals surface area contributed by atoms with Crippen molar-refractivity contribution in [2.45, 2.75) is 38.8 Å². The highest BCUT2D eigenvalue weighted by Crippen LogP contribution is 2.08. The summed E-state index contributed by atoms with van der Waals surface area (Å²) in [6.07, 6.45) is 9.39. The molecule has 1 unspecified atom stereocenters.